The summed E-state index contributed by atoms with van der Waals surface area (Å²) >= 11 is 7.69. The Bertz CT molecular complexity index is 385. The summed E-state index contributed by atoms with van der Waals surface area (Å²) in [6, 6.07) is 2.07. The van der Waals surface area contributed by atoms with Gasteiger partial charge in [-0.2, -0.15) is 0 Å². The molecule has 18 heavy (non-hydrogen) atoms. The van der Waals surface area contributed by atoms with Gasteiger partial charge in [0.2, 0.25) is 0 Å². The number of halogens is 1. The van der Waals surface area contributed by atoms with Gasteiger partial charge >= 0.3 is 0 Å². The van der Waals surface area contributed by atoms with E-state index < -0.39 is 0 Å². The predicted octanol–water partition coefficient (Wildman–Crippen LogP) is 5.35. The van der Waals surface area contributed by atoms with Gasteiger partial charge < -0.3 is 5.11 Å². The number of thiophene rings is 1. The molecule has 0 radical (unpaired) electrons. The van der Waals surface area contributed by atoms with Gasteiger partial charge in [0.05, 0.1) is 10.4 Å². The quantitative estimate of drug-likeness (QED) is 0.791. The Morgan fingerprint density at radius 1 is 1.39 bits per heavy atom. The van der Waals surface area contributed by atoms with Crippen LogP contribution in [0.1, 0.15) is 62.5 Å². The van der Waals surface area contributed by atoms with Gasteiger partial charge in [-0.05, 0) is 43.7 Å². The number of aliphatic hydroxyl groups is 1. The lowest BCUT2D eigenvalue weighted by molar-refractivity contribution is 0.0137. The second-order valence-electron chi connectivity index (χ2n) is 6.18. The van der Waals surface area contributed by atoms with E-state index in [0.717, 1.165) is 34.0 Å². The number of hydrogen-bond acceptors (Lipinski definition) is 2. The highest BCUT2D eigenvalue weighted by atomic mass is 35.5. The van der Waals surface area contributed by atoms with Crippen molar-refractivity contribution in [2.45, 2.75) is 59.0 Å². The Balaban J connectivity index is 2.25. The lowest BCUT2D eigenvalue weighted by Crippen LogP contribution is -2.27. The van der Waals surface area contributed by atoms with Gasteiger partial charge in [-0.15, -0.1) is 11.3 Å². The molecule has 1 aliphatic rings. The zero-order valence-corrected chi connectivity index (χ0v) is 13.1. The fourth-order valence-corrected chi connectivity index (χ4v) is 4.75. The van der Waals surface area contributed by atoms with E-state index in [1.807, 2.05) is 6.92 Å². The Kier molecular flexibility index (Phi) is 4.40. The van der Waals surface area contributed by atoms with Gasteiger partial charge in [0.1, 0.15) is 0 Å². The molecule has 0 bridgehead atoms. The topological polar surface area (TPSA) is 20.2 Å². The van der Waals surface area contributed by atoms with Crippen LogP contribution in [0, 0.1) is 18.3 Å². The molecule has 1 atom stereocenters. The molecule has 0 spiro atoms. The second kappa shape index (κ2) is 5.52. The molecule has 1 saturated carbocycles. The van der Waals surface area contributed by atoms with Gasteiger partial charge in [0.25, 0.3) is 0 Å². The molecule has 1 N–H and O–H groups in total. The molecule has 1 aromatic heterocycles. The highest BCUT2D eigenvalue weighted by Crippen LogP contribution is 2.53. The molecule has 1 aliphatic carbocycles. The van der Waals surface area contributed by atoms with Crippen molar-refractivity contribution in [2.24, 2.45) is 11.3 Å². The van der Waals surface area contributed by atoms with E-state index in [9.17, 15) is 5.11 Å². The molecule has 3 heteroatoms. The summed E-state index contributed by atoms with van der Waals surface area (Å²) in [5, 5.41) is 10.8. The zero-order chi connectivity index (χ0) is 13.3. The third-order valence-electron chi connectivity index (χ3n) is 4.14. The van der Waals surface area contributed by atoms with Crippen LogP contribution in [-0.2, 0) is 0 Å². The minimum atomic E-state index is -0.335. The number of aryl methyl sites for hydroxylation is 1. The Labute approximate surface area is 119 Å². The first-order chi connectivity index (χ1) is 8.44. The molecule has 1 fully saturated rings. The third-order valence-corrected chi connectivity index (χ3v) is 5.75. The van der Waals surface area contributed by atoms with Crippen molar-refractivity contribution in [3.63, 3.8) is 0 Å². The minimum absolute atomic E-state index is 0.0921. The summed E-state index contributed by atoms with van der Waals surface area (Å²) in [4.78, 5) is 1.06. The molecule has 0 aliphatic heterocycles. The molecular weight excluding hydrogens is 264 g/mol. The average molecular weight is 287 g/mol. The van der Waals surface area contributed by atoms with Crippen molar-refractivity contribution in [1.82, 2.24) is 0 Å². The van der Waals surface area contributed by atoms with Crippen molar-refractivity contribution < 1.29 is 5.11 Å². The Morgan fingerprint density at radius 3 is 2.44 bits per heavy atom. The van der Waals surface area contributed by atoms with Crippen LogP contribution < -0.4 is 0 Å². The molecule has 102 valence electrons. The Hall–Kier alpha value is -0.0500. The van der Waals surface area contributed by atoms with E-state index in [1.54, 1.807) is 11.3 Å². The fourth-order valence-electron chi connectivity index (χ4n) is 3.40. The number of aliphatic hydroxyl groups excluding tert-OH is 1. The molecule has 1 nitrogen and oxygen atoms in total. The van der Waals surface area contributed by atoms with Crippen LogP contribution in [0.3, 0.4) is 0 Å². The van der Waals surface area contributed by atoms with Crippen molar-refractivity contribution >= 4 is 22.9 Å². The summed E-state index contributed by atoms with van der Waals surface area (Å²) in [6.07, 6.45) is 5.59. The second-order valence-corrected chi connectivity index (χ2v) is 7.86. The first-order valence-electron chi connectivity index (χ1n) is 6.88. The maximum Gasteiger partial charge on any atom is 0.0961 e. The summed E-state index contributed by atoms with van der Waals surface area (Å²) in [7, 11) is 0. The lowest BCUT2D eigenvalue weighted by atomic mass is 9.73. The van der Waals surface area contributed by atoms with E-state index in [1.165, 1.54) is 12.8 Å². The van der Waals surface area contributed by atoms with E-state index in [4.69, 9.17) is 11.6 Å². The molecule has 1 aromatic rings. The molecule has 0 amide bonds. The smallest absolute Gasteiger partial charge is 0.0961 e. The van der Waals surface area contributed by atoms with Gasteiger partial charge in [0.15, 0.2) is 0 Å². The number of hydrogen-bond donors (Lipinski definition) is 1. The SMILES string of the molecule is Cc1cc(C(O)C2(CC(C)C)CCCC2)sc1Cl. The van der Waals surface area contributed by atoms with Crippen LogP contribution in [0.5, 0.6) is 0 Å². The van der Waals surface area contributed by atoms with Crippen molar-refractivity contribution in [1.29, 1.82) is 0 Å². The van der Waals surface area contributed by atoms with E-state index in [2.05, 4.69) is 19.9 Å². The largest absolute Gasteiger partial charge is 0.387 e. The minimum Gasteiger partial charge on any atom is -0.387 e. The maximum atomic E-state index is 10.8. The first kappa shape index (κ1) is 14.4. The van der Waals surface area contributed by atoms with Crippen LogP contribution in [-0.4, -0.2) is 5.11 Å². The van der Waals surface area contributed by atoms with Crippen LogP contribution in [0.2, 0.25) is 4.34 Å². The van der Waals surface area contributed by atoms with Crippen molar-refractivity contribution in [3.8, 4) is 0 Å². The predicted molar refractivity (Wildman–Crippen MR) is 79.4 cm³/mol. The molecule has 0 aromatic carbocycles. The summed E-state index contributed by atoms with van der Waals surface area (Å²) in [6.45, 7) is 6.51. The van der Waals surface area contributed by atoms with Crippen LogP contribution in [0.25, 0.3) is 0 Å². The van der Waals surface area contributed by atoms with Gasteiger partial charge in [0, 0.05) is 10.3 Å². The molecule has 0 saturated heterocycles. The molecule has 2 rings (SSSR count). The van der Waals surface area contributed by atoms with E-state index >= 15 is 0 Å². The van der Waals surface area contributed by atoms with Crippen LogP contribution >= 0.6 is 22.9 Å². The standard InChI is InChI=1S/C15H23ClOS/c1-10(2)9-15(6-4-5-7-15)13(17)12-8-11(3)14(16)18-12/h8,10,13,17H,4-7,9H2,1-3H3. The highest BCUT2D eigenvalue weighted by molar-refractivity contribution is 7.16. The van der Waals surface area contributed by atoms with E-state index in [0.29, 0.717) is 5.92 Å². The van der Waals surface area contributed by atoms with Crippen molar-refractivity contribution in [3.05, 3.63) is 20.8 Å². The van der Waals surface area contributed by atoms with E-state index in [-0.39, 0.29) is 11.5 Å². The van der Waals surface area contributed by atoms with Gasteiger partial charge in [-0.1, -0.05) is 38.3 Å². The van der Waals surface area contributed by atoms with Crippen molar-refractivity contribution in [2.75, 3.05) is 0 Å². The lowest BCUT2D eigenvalue weighted by Gasteiger charge is -2.35. The fraction of sp³-hybridized carbons (Fsp3) is 0.733. The first-order valence-corrected chi connectivity index (χ1v) is 8.08. The summed E-state index contributed by atoms with van der Waals surface area (Å²) in [5.74, 6) is 0.634. The third kappa shape index (κ3) is 2.76. The summed E-state index contributed by atoms with van der Waals surface area (Å²) in [5.41, 5.74) is 1.18. The Morgan fingerprint density at radius 2 is 2.00 bits per heavy atom. The molecule has 1 heterocycles. The van der Waals surface area contributed by atoms with Gasteiger partial charge in [-0.3, -0.25) is 0 Å². The summed E-state index contributed by atoms with van der Waals surface area (Å²) < 4.78 is 0.821. The molecular formula is C15H23ClOS. The molecule has 1 unspecified atom stereocenters. The average Bonchev–Trinajstić information content (AvgIpc) is 2.86. The number of rotatable bonds is 4. The monoisotopic (exact) mass is 286 g/mol. The maximum absolute atomic E-state index is 10.8. The van der Waals surface area contributed by atoms with Crippen LogP contribution in [0.4, 0.5) is 0 Å². The highest BCUT2D eigenvalue weighted by Gasteiger charge is 2.42. The zero-order valence-electron chi connectivity index (χ0n) is 11.5. The normalized spacial score (nSPS) is 20.6. The van der Waals surface area contributed by atoms with Crippen LogP contribution in [0.15, 0.2) is 6.07 Å². The van der Waals surface area contributed by atoms with Gasteiger partial charge in [-0.25, -0.2) is 0 Å².